The number of nitrogens with zero attached hydrogens (tertiary/aromatic N) is 1. The quantitative estimate of drug-likeness (QED) is 0.132. The SMILES string of the molecule is CCC1C[C@@H]2C[C@H](Cc3ccccc3C3(c4ccc(-c5cccc(N(c6ccc(-c7cccc8ccccc78)cc6)c6cccc7ccccc67)c5)cc4C)c4ccccc4-c4ccccc43)C[C@H]1C2. The third-order valence-corrected chi connectivity index (χ3v) is 17.0. The summed E-state index contributed by atoms with van der Waals surface area (Å²) >= 11 is 0. The van der Waals surface area contributed by atoms with E-state index < -0.39 is 5.41 Å². The third kappa shape index (κ3) is 7.04. The second-order valence-corrected chi connectivity index (χ2v) is 20.8. The van der Waals surface area contributed by atoms with Crippen molar-refractivity contribution in [1.29, 1.82) is 0 Å². The molecule has 2 bridgehead atoms. The largest absolute Gasteiger partial charge is 0.310 e. The van der Waals surface area contributed by atoms with Crippen molar-refractivity contribution in [1.82, 2.24) is 0 Å². The van der Waals surface area contributed by atoms with E-state index in [1.165, 1.54) is 120 Å². The first-order valence-corrected chi connectivity index (χ1v) is 25.9. The van der Waals surface area contributed by atoms with Gasteiger partial charge in [0.1, 0.15) is 0 Å². The van der Waals surface area contributed by atoms with E-state index in [0.717, 1.165) is 47.2 Å². The van der Waals surface area contributed by atoms with E-state index in [1.54, 1.807) is 0 Å². The Bertz CT molecular complexity index is 3520. The number of hydrogen-bond donors (Lipinski definition) is 0. The zero-order valence-electron chi connectivity index (χ0n) is 40.4. The molecule has 3 aliphatic carbocycles. The summed E-state index contributed by atoms with van der Waals surface area (Å²) in [5.74, 6) is 3.45. The van der Waals surface area contributed by atoms with Crippen molar-refractivity contribution in [2.45, 2.75) is 57.8 Å². The summed E-state index contributed by atoms with van der Waals surface area (Å²) in [5.41, 5.74) is 19.0. The highest BCUT2D eigenvalue weighted by Gasteiger charge is 2.48. The van der Waals surface area contributed by atoms with Gasteiger partial charge in [0.05, 0.1) is 11.1 Å². The molecule has 0 saturated heterocycles. The summed E-state index contributed by atoms with van der Waals surface area (Å²) in [6.45, 7) is 4.78. The Balaban J connectivity index is 0.924. The minimum atomic E-state index is -0.447. The van der Waals surface area contributed by atoms with Crippen LogP contribution in [0.3, 0.4) is 0 Å². The Kier molecular flexibility index (Phi) is 10.6. The molecule has 2 fully saturated rings. The maximum Gasteiger partial charge on any atom is 0.0718 e. The van der Waals surface area contributed by atoms with Crippen molar-refractivity contribution >= 4 is 38.6 Å². The van der Waals surface area contributed by atoms with Crippen LogP contribution in [0.2, 0.25) is 0 Å². The molecule has 0 heterocycles. The minimum absolute atomic E-state index is 0.447. The topological polar surface area (TPSA) is 3.24 Å². The van der Waals surface area contributed by atoms with Gasteiger partial charge < -0.3 is 4.90 Å². The van der Waals surface area contributed by atoms with E-state index in [1.807, 2.05) is 0 Å². The lowest BCUT2D eigenvalue weighted by Crippen LogP contribution is -2.31. The molecule has 13 rings (SSSR count). The van der Waals surface area contributed by atoms with Crippen molar-refractivity contribution in [2.24, 2.45) is 23.7 Å². The summed E-state index contributed by atoms with van der Waals surface area (Å²) in [7, 11) is 0. The van der Waals surface area contributed by atoms with Crippen molar-refractivity contribution in [2.75, 3.05) is 4.90 Å². The lowest BCUT2D eigenvalue weighted by molar-refractivity contribution is 0.240. The van der Waals surface area contributed by atoms with Crippen LogP contribution < -0.4 is 4.90 Å². The second-order valence-electron chi connectivity index (χ2n) is 20.8. The predicted octanol–water partition coefficient (Wildman–Crippen LogP) is 18.5. The molecular formula is C69H59N. The third-order valence-electron chi connectivity index (χ3n) is 17.0. The fourth-order valence-electron chi connectivity index (χ4n) is 14.0. The van der Waals surface area contributed by atoms with Crippen molar-refractivity contribution < 1.29 is 0 Å². The van der Waals surface area contributed by atoms with Gasteiger partial charge in [0.2, 0.25) is 0 Å². The molecule has 70 heavy (non-hydrogen) atoms. The van der Waals surface area contributed by atoms with Gasteiger partial charge in [-0.1, -0.05) is 207 Å². The molecule has 10 aromatic carbocycles. The van der Waals surface area contributed by atoms with Gasteiger partial charge in [0.15, 0.2) is 0 Å². The average Bonchev–Trinajstić information content (AvgIpc) is 3.88. The van der Waals surface area contributed by atoms with Gasteiger partial charge in [-0.2, -0.15) is 0 Å². The predicted molar refractivity (Wildman–Crippen MR) is 295 cm³/mol. The maximum atomic E-state index is 2.48. The first-order chi connectivity index (χ1) is 34.5. The van der Waals surface area contributed by atoms with Crippen LogP contribution in [-0.2, 0) is 11.8 Å². The van der Waals surface area contributed by atoms with Gasteiger partial charge in [-0.25, -0.2) is 0 Å². The Labute approximate surface area is 414 Å². The molecule has 0 spiro atoms. The molecule has 0 radical (unpaired) electrons. The molecule has 0 amide bonds. The zero-order valence-corrected chi connectivity index (χ0v) is 40.4. The van der Waals surface area contributed by atoms with E-state index in [0.29, 0.717) is 0 Å². The molecule has 0 N–H and O–H groups in total. The molecule has 1 nitrogen and oxygen atoms in total. The second kappa shape index (κ2) is 17.5. The average molecular weight is 902 g/mol. The van der Waals surface area contributed by atoms with Crippen LogP contribution in [0.25, 0.3) is 54.9 Å². The number of fused-ring (bicyclic) bond motifs is 7. The van der Waals surface area contributed by atoms with Crippen LogP contribution in [0.15, 0.2) is 224 Å². The van der Waals surface area contributed by atoms with Crippen LogP contribution in [0, 0.1) is 30.6 Å². The molecule has 0 aliphatic heterocycles. The van der Waals surface area contributed by atoms with Gasteiger partial charge in [0, 0.05) is 16.8 Å². The van der Waals surface area contributed by atoms with Crippen molar-refractivity contribution in [3.05, 3.63) is 258 Å². The fraction of sp³-hybridized carbons (Fsp3) is 0.188. The molecule has 4 atom stereocenters. The number of aryl methyl sites for hydroxylation is 1. The smallest absolute Gasteiger partial charge is 0.0718 e. The highest BCUT2D eigenvalue weighted by molar-refractivity contribution is 6.00. The first kappa shape index (κ1) is 42.6. The highest BCUT2D eigenvalue weighted by Crippen LogP contribution is 2.58. The number of rotatable bonds is 10. The molecule has 340 valence electrons. The standard InChI is InChI=1S/C69H59N/c1-3-49-41-47-40-48(44-56(49)43-47)42-55-19-6-11-29-65(55)69(66-30-12-9-26-62(66)63-27-10-13-31-67(63)69)64-38-35-54(39-46(64)2)53-22-14-23-58(45-53)70(68-32-16-21-51-18-5-8-25-61(51)68)57-36-33-52(34-37-57)60-28-15-20-50-17-4-7-24-59(50)60/h4-39,45,47-49,56H,3,40-44H2,1-2H3/t47-,48+,49?,56+/m0/s1. The van der Waals surface area contributed by atoms with Crippen LogP contribution in [0.1, 0.15) is 72.4 Å². The summed E-state index contributed by atoms with van der Waals surface area (Å²) < 4.78 is 0. The fourth-order valence-corrected chi connectivity index (χ4v) is 14.0. The van der Waals surface area contributed by atoms with Gasteiger partial charge in [-0.05, 0) is 176 Å². The van der Waals surface area contributed by atoms with Crippen LogP contribution >= 0.6 is 0 Å². The van der Waals surface area contributed by atoms with E-state index in [2.05, 4.69) is 243 Å². The maximum absolute atomic E-state index is 2.48. The van der Waals surface area contributed by atoms with Crippen LogP contribution in [-0.4, -0.2) is 0 Å². The van der Waals surface area contributed by atoms with Crippen LogP contribution in [0.4, 0.5) is 17.1 Å². The number of benzene rings is 10. The van der Waals surface area contributed by atoms with Crippen molar-refractivity contribution in [3.63, 3.8) is 0 Å². The normalized spacial score (nSPS) is 18.7. The van der Waals surface area contributed by atoms with Gasteiger partial charge >= 0.3 is 0 Å². The lowest BCUT2D eigenvalue weighted by Gasteiger charge is -2.38. The molecule has 10 aromatic rings. The van der Waals surface area contributed by atoms with Crippen molar-refractivity contribution in [3.8, 4) is 33.4 Å². The molecule has 1 unspecified atom stereocenters. The molecule has 1 heteroatoms. The Morgan fingerprint density at radius 3 is 1.80 bits per heavy atom. The lowest BCUT2D eigenvalue weighted by atomic mass is 9.64. The Hall–Kier alpha value is -7.48. The highest BCUT2D eigenvalue weighted by atomic mass is 15.1. The van der Waals surface area contributed by atoms with E-state index >= 15 is 0 Å². The van der Waals surface area contributed by atoms with Gasteiger partial charge in [0.25, 0.3) is 0 Å². The molecule has 2 saturated carbocycles. The minimum Gasteiger partial charge on any atom is -0.310 e. The summed E-state index contributed by atoms with van der Waals surface area (Å²) in [4.78, 5) is 2.44. The number of hydrogen-bond acceptors (Lipinski definition) is 1. The van der Waals surface area contributed by atoms with Gasteiger partial charge in [-0.3, -0.25) is 0 Å². The van der Waals surface area contributed by atoms with Gasteiger partial charge in [-0.15, -0.1) is 0 Å². The summed E-state index contributed by atoms with van der Waals surface area (Å²) in [6, 6.07) is 84.5. The van der Waals surface area contributed by atoms with E-state index in [-0.39, 0.29) is 0 Å². The molecule has 0 aromatic heterocycles. The summed E-state index contributed by atoms with van der Waals surface area (Å²) in [6.07, 6.45) is 8.14. The first-order valence-electron chi connectivity index (χ1n) is 25.9. The zero-order chi connectivity index (χ0) is 46.8. The molecule has 3 aliphatic rings. The number of anilines is 3. The molecular weight excluding hydrogens is 843 g/mol. The summed E-state index contributed by atoms with van der Waals surface area (Å²) in [5, 5.41) is 4.97. The van der Waals surface area contributed by atoms with E-state index in [4.69, 9.17) is 0 Å². The van der Waals surface area contributed by atoms with Crippen LogP contribution in [0.5, 0.6) is 0 Å². The monoisotopic (exact) mass is 901 g/mol. The Morgan fingerprint density at radius 2 is 1.04 bits per heavy atom. The van der Waals surface area contributed by atoms with E-state index in [9.17, 15) is 0 Å². The Morgan fingerprint density at radius 1 is 0.443 bits per heavy atom.